The minimum Gasteiger partial charge on any atom is -0.493 e. The standard InChI is InChI=1S/C28H29FN2O3/c1-3-12-34-27-11-10-19(20-9-8-18(2)25(29)15-20)14-24(27)28(33)31-22(17-32)13-21-16-30-26-7-5-4-6-23(21)26/h4-11,14-16,22,30,32H,3,12-13,17H2,1-2H3,(H,31,33)/t22-/m1/s1. The van der Waals surface area contributed by atoms with E-state index in [1.807, 2.05) is 49.5 Å². The summed E-state index contributed by atoms with van der Waals surface area (Å²) in [4.78, 5) is 16.5. The highest BCUT2D eigenvalue weighted by Gasteiger charge is 2.20. The van der Waals surface area contributed by atoms with E-state index in [-0.39, 0.29) is 18.3 Å². The van der Waals surface area contributed by atoms with Crippen molar-refractivity contribution in [1.29, 1.82) is 0 Å². The third-order valence-corrected chi connectivity index (χ3v) is 5.89. The predicted molar refractivity (Wildman–Crippen MR) is 133 cm³/mol. The van der Waals surface area contributed by atoms with Crippen LogP contribution < -0.4 is 10.1 Å². The Hall–Kier alpha value is -3.64. The average Bonchev–Trinajstić information content (AvgIpc) is 3.26. The molecule has 3 aromatic carbocycles. The number of hydrogen-bond acceptors (Lipinski definition) is 3. The monoisotopic (exact) mass is 460 g/mol. The normalized spacial score (nSPS) is 12.0. The van der Waals surface area contributed by atoms with Crippen LogP contribution in [0, 0.1) is 12.7 Å². The fourth-order valence-corrected chi connectivity index (χ4v) is 3.99. The first kappa shape index (κ1) is 23.5. The van der Waals surface area contributed by atoms with Crippen molar-refractivity contribution < 1.29 is 19.0 Å². The van der Waals surface area contributed by atoms with Crippen LogP contribution in [0.25, 0.3) is 22.0 Å². The van der Waals surface area contributed by atoms with Gasteiger partial charge in [0.2, 0.25) is 0 Å². The molecular formula is C28H29FN2O3. The van der Waals surface area contributed by atoms with Gasteiger partial charge in [0.15, 0.2) is 0 Å². The largest absolute Gasteiger partial charge is 0.493 e. The zero-order valence-electron chi connectivity index (χ0n) is 19.4. The number of carbonyl (C=O) groups is 1. The molecule has 1 heterocycles. The summed E-state index contributed by atoms with van der Waals surface area (Å²) in [6, 6.07) is 17.7. The van der Waals surface area contributed by atoms with E-state index in [0.717, 1.165) is 22.9 Å². The molecule has 0 aliphatic rings. The van der Waals surface area contributed by atoms with Crippen LogP contribution >= 0.6 is 0 Å². The first-order valence-corrected chi connectivity index (χ1v) is 11.5. The maximum absolute atomic E-state index is 14.1. The van der Waals surface area contributed by atoms with Gasteiger partial charge in [-0.25, -0.2) is 4.39 Å². The van der Waals surface area contributed by atoms with Gasteiger partial charge in [-0.15, -0.1) is 0 Å². The van der Waals surface area contributed by atoms with Crippen LogP contribution in [0.15, 0.2) is 66.9 Å². The highest BCUT2D eigenvalue weighted by Crippen LogP contribution is 2.28. The molecule has 0 aliphatic heterocycles. The van der Waals surface area contributed by atoms with Crippen molar-refractivity contribution in [2.45, 2.75) is 32.7 Å². The Morgan fingerprint density at radius 1 is 1.12 bits per heavy atom. The molecule has 0 spiro atoms. The van der Waals surface area contributed by atoms with Crippen LogP contribution in [0.5, 0.6) is 5.75 Å². The van der Waals surface area contributed by atoms with Gasteiger partial charge in [-0.1, -0.05) is 43.3 Å². The van der Waals surface area contributed by atoms with Gasteiger partial charge in [0, 0.05) is 17.1 Å². The Kier molecular flexibility index (Phi) is 7.28. The van der Waals surface area contributed by atoms with Gasteiger partial charge in [-0.2, -0.15) is 0 Å². The molecule has 176 valence electrons. The number of ether oxygens (including phenoxy) is 1. The molecule has 4 rings (SSSR count). The fraction of sp³-hybridized carbons (Fsp3) is 0.250. The summed E-state index contributed by atoms with van der Waals surface area (Å²) in [5, 5.41) is 14.0. The number of rotatable bonds is 9. The number of aliphatic hydroxyl groups is 1. The molecule has 0 saturated heterocycles. The van der Waals surface area contributed by atoms with E-state index < -0.39 is 6.04 Å². The maximum Gasteiger partial charge on any atom is 0.255 e. The van der Waals surface area contributed by atoms with Crippen LogP contribution in [-0.2, 0) is 6.42 Å². The molecule has 5 nitrogen and oxygen atoms in total. The summed E-state index contributed by atoms with van der Waals surface area (Å²) >= 11 is 0. The van der Waals surface area contributed by atoms with Crippen LogP contribution in [0.3, 0.4) is 0 Å². The van der Waals surface area contributed by atoms with Crippen molar-refractivity contribution in [2.24, 2.45) is 0 Å². The minimum atomic E-state index is -0.480. The molecule has 4 aromatic rings. The van der Waals surface area contributed by atoms with Gasteiger partial charge in [0.05, 0.1) is 24.8 Å². The van der Waals surface area contributed by atoms with Crippen molar-refractivity contribution >= 4 is 16.8 Å². The summed E-state index contributed by atoms with van der Waals surface area (Å²) in [5.41, 5.74) is 4.33. The lowest BCUT2D eigenvalue weighted by Gasteiger charge is -2.18. The maximum atomic E-state index is 14.1. The molecule has 0 aliphatic carbocycles. The van der Waals surface area contributed by atoms with E-state index >= 15 is 0 Å². The third kappa shape index (κ3) is 5.13. The second-order valence-corrected chi connectivity index (χ2v) is 8.44. The minimum absolute atomic E-state index is 0.209. The molecule has 0 fully saturated rings. The number of H-pyrrole nitrogens is 1. The van der Waals surface area contributed by atoms with Crippen LogP contribution in [0.4, 0.5) is 4.39 Å². The van der Waals surface area contributed by atoms with Gasteiger partial charge >= 0.3 is 0 Å². The number of halogens is 1. The van der Waals surface area contributed by atoms with E-state index in [0.29, 0.717) is 41.0 Å². The average molecular weight is 461 g/mol. The summed E-state index contributed by atoms with van der Waals surface area (Å²) in [5.74, 6) is -0.187. The molecule has 1 aromatic heterocycles. The Morgan fingerprint density at radius 3 is 2.65 bits per heavy atom. The van der Waals surface area contributed by atoms with Gasteiger partial charge < -0.3 is 20.1 Å². The topological polar surface area (TPSA) is 74.3 Å². The lowest BCUT2D eigenvalue weighted by Crippen LogP contribution is -2.39. The van der Waals surface area contributed by atoms with Crippen molar-refractivity contribution in [2.75, 3.05) is 13.2 Å². The third-order valence-electron chi connectivity index (χ3n) is 5.89. The molecule has 0 unspecified atom stereocenters. The number of nitrogens with one attached hydrogen (secondary N) is 2. The number of aliphatic hydroxyl groups excluding tert-OH is 1. The molecular weight excluding hydrogens is 431 g/mol. The van der Waals surface area contributed by atoms with Gasteiger partial charge in [0.1, 0.15) is 11.6 Å². The lowest BCUT2D eigenvalue weighted by atomic mass is 10.00. The molecule has 0 radical (unpaired) electrons. The molecule has 34 heavy (non-hydrogen) atoms. The number of carbonyl (C=O) groups excluding carboxylic acids is 1. The highest BCUT2D eigenvalue weighted by atomic mass is 19.1. The van der Waals surface area contributed by atoms with Gasteiger partial charge in [0.25, 0.3) is 5.91 Å². The van der Waals surface area contributed by atoms with Crippen molar-refractivity contribution in [1.82, 2.24) is 10.3 Å². The molecule has 0 saturated carbocycles. The van der Waals surface area contributed by atoms with E-state index in [2.05, 4.69) is 10.3 Å². The quantitative estimate of drug-likeness (QED) is 0.313. The Balaban J connectivity index is 1.60. The van der Waals surface area contributed by atoms with Crippen molar-refractivity contribution in [3.8, 4) is 16.9 Å². The fourth-order valence-electron chi connectivity index (χ4n) is 3.99. The molecule has 0 bridgehead atoms. The van der Waals surface area contributed by atoms with Crippen LogP contribution in [0.2, 0.25) is 0 Å². The summed E-state index contributed by atoms with van der Waals surface area (Å²) in [6.07, 6.45) is 3.17. The number of aromatic nitrogens is 1. The van der Waals surface area contributed by atoms with Crippen molar-refractivity contribution in [3.05, 3.63) is 89.4 Å². The van der Waals surface area contributed by atoms with Gasteiger partial charge in [-0.3, -0.25) is 4.79 Å². The molecule has 1 amide bonds. The van der Waals surface area contributed by atoms with Crippen LogP contribution in [-0.4, -0.2) is 35.3 Å². The first-order chi connectivity index (χ1) is 16.5. The zero-order chi connectivity index (χ0) is 24.1. The number of aryl methyl sites for hydroxylation is 1. The van der Waals surface area contributed by atoms with E-state index in [1.54, 1.807) is 25.1 Å². The number of amides is 1. The SMILES string of the molecule is CCCOc1ccc(-c2ccc(C)c(F)c2)cc1C(=O)N[C@@H](CO)Cc1c[nH]c2ccccc12. The van der Waals surface area contributed by atoms with E-state index in [9.17, 15) is 14.3 Å². The van der Waals surface area contributed by atoms with Crippen LogP contribution in [0.1, 0.15) is 34.8 Å². The lowest BCUT2D eigenvalue weighted by molar-refractivity contribution is 0.0912. The summed E-state index contributed by atoms with van der Waals surface area (Å²) in [7, 11) is 0. The van der Waals surface area contributed by atoms with Crippen molar-refractivity contribution in [3.63, 3.8) is 0 Å². The predicted octanol–water partition coefficient (Wildman–Crippen LogP) is 5.40. The summed E-state index contributed by atoms with van der Waals surface area (Å²) in [6.45, 7) is 3.96. The molecule has 3 N–H and O–H groups in total. The molecule has 6 heteroatoms. The molecule has 1 atom stereocenters. The summed E-state index contributed by atoms with van der Waals surface area (Å²) < 4.78 is 20.0. The number of fused-ring (bicyclic) bond motifs is 1. The smallest absolute Gasteiger partial charge is 0.255 e. The Morgan fingerprint density at radius 2 is 1.88 bits per heavy atom. The van der Waals surface area contributed by atoms with Gasteiger partial charge in [-0.05, 0) is 66.3 Å². The number of hydrogen-bond donors (Lipinski definition) is 3. The Bertz CT molecular complexity index is 1300. The van der Waals surface area contributed by atoms with E-state index in [4.69, 9.17) is 4.74 Å². The first-order valence-electron chi connectivity index (χ1n) is 11.5. The Labute approximate surface area is 198 Å². The second-order valence-electron chi connectivity index (χ2n) is 8.44. The second kappa shape index (κ2) is 10.5. The number of para-hydroxylation sites is 1. The highest BCUT2D eigenvalue weighted by molar-refractivity contribution is 5.98. The van der Waals surface area contributed by atoms with E-state index in [1.165, 1.54) is 6.07 Å². The number of aromatic amines is 1. The zero-order valence-corrected chi connectivity index (χ0v) is 19.4. The number of benzene rings is 3.